The second-order valence-corrected chi connectivity index (χ2v) is 7.57. The molecule has 5 N–H and O–H groups in total. The van der Waals surface area contributed by atoms with Gasteiger partial charge in [0.25, 0.3) is 5.56 Å². The van der Waals surface area contributed by atoms with Crippen LogP contribution in [0.2, 0.25) is 0 Å². The molecular weight excluding hydrogens is 366 g/mol. The first-order valence-corrected chi connectivity index (χ1v) is 8.47. The minimum atomic E-state index is -3.74. The Morgan fingerprint density at radius 1 is 1.04 bits per heavy atom. The number of hydrogen-bond donors (Lipinski definition) is 4. The highest BCUT2D eigenvalue weighted by Gasteiger charge is 2.27. The molecule has 2 aromatic rings. The van der Waals surface area contributed by atoms with Crippen molar-refractivity contribution in [1.82, 2.24) is 9.29 Å². The molecule has 26 heavy (non-hydrogen) atoms. The van der Waals surface area contributed by atoms with Gasteiger partial charge in [0.2, 0.25) is 10.0 Å². The van der Waals surface area contributed by atoms with Crippen LogP contribution in [0, 0.1) is 0 Å². The van der Waals surface area contributed by atoms with Crippen molar-refractivity contribution in [1.29, 1.82) is 0 Å². The molecular formula is C15H15N3O7S. The highest BCUT2D eigenvalue weighted by atomic mass is 32.2. The van der Waals surface area contributed by atoms with E-state index in [1.807, 2.05) is 4.98 Å². The number of sulfonamides is 1. The number of nitrogen functional groups attached to an aromatic ring is 1. The Morgan fingerprint density at radius 3 is 1.96 bits per heavy atom. The van der Waals surface area contributed by atoms with E-state index < -0.39 is 50.0 Å². The first-order valence-electron chi connectivity index (χ1n) is 7.03. The average Bonchev–Trinajstić information content (AvgIpc) is 2.53. The number of aromatic carboxylic acids is 2. The number of hydrogen-bond acceptors (Lipinski definition) is 6. The van der Waals surface area contributed by atoms with Crippen LogP contribution in [-0.4, -0.2) is 54.0 Å². The molecule has 10 nitrogen and oxygen atoms in total. The Balaban J connectivity index is 2.82. The summed E-state index contributed by atoms with van der Waals surface area (Å²) in [6.45, 7) is 0. The quantitative estimate of drug-likeness (QED) is 0.571. The Labute approximate surface area is 147 Å². The standard InChI is InChI=1S/C15H15N3O7S/c1-18(2)26(24,25)8-5-3-7(4-6-8)9-10(14(20)21)12(16)17-13(19)11(9)15(22)23/h3-6H,1-2H3,(H,20,21)(H,22,23)(H3,16,17,19). The van der Waals surface area contributed by atoms with Crippen LogP contribution in [0.4, 0.5) is 5.82 Å². The van der Waals surface area contributed by atoms with E-state index in [9.17, 15) is 33.0 Å². The third-order valence-electron chi connectivity index (χ3n) is 3.59. The molecule has 0 aliphatic rings. The Kier molecular flexibility index (Phi) is 4.87. The van der Waals surface area contributed by atoms with Gasteiger partial charge in [-0.05, 0) is 17.7 Å². The average molecular weight is 381 g/mol. The fourth-order valence-corrected chi connectivity index (χ4v) is 3.24. The fourth-order valence-electron chi connectivity index (χ4n) is 2.34. The van der Waals surface area contributed by atoms with Gasteiger partial charge < -0.3 is 20.9 Å². The second kappa shape index (κ2) is 6.61. The summed E-state index contributed by atoms with van der Waals surface area (Å²) in [5.74, 6) is -3.69. The van der Waals surface area contributed by atoms with Crippen molar-refractivity contribution < 1.29 is 28.2 Å². The van der Waals surface area contributed by atoms with Gasteiger partial charge >= 0.3 is 11.9 Å². The number of rotatable bonds is 5. The zero-order chi connectivity index (χ0) is 19.8. The van der Waals surface area contributed by atoms with E-state index in [-0.39, 0.29) is 10.5 Å². The number of carbonyl (C=O) groups is 2. The summed E-state index contributed by atoms with van der Waals surface area (Å²) in [6, 6.07) is 4.78. The summed E-state index contributed by atoms with van der Waals surface area (Å²) in [4.78, 5) is 36.8. The van der Waals surface area contributed by atoms with Crippen molar-refractivity contribution in [3.63, 3.8) is 0 Å². The second-order valence-electron chi connectivity index (χ2n) is 5.41. The van der Waals surface area contributed by atoms with Gasteiger partial charge in [-0.1, -0.05) is 12.1 Å². The highest BCUT2D eigenvalue weighted by Crippen LogP contribution is 2.30. The van der Waals surface area contributed by atoms with Crippen LogP contribution in [0.15, 0.2) is 34.0 Å². The zero-order valence-corrected chi connectivity index (χ0v) is 14.5. The van der Waals surface area contributed by atoms with Gasteiger partial charge in [-0.3, -0.25) is 4.79 Å². The SMILES string of the molecule is CN(C)S(=O)(=O)c1ccc(-c2c(C(=O)O)c(N)[nH]c(=O)c2C(=O)O)cc1. The van der Waals surface area contributed by atoms with Crippen molar-refractivity contribution in [3.8, 4) is 11.1 Å². The smallest absolute Gasteiger partial charge is 0.342 e. The van der Waals surface area contributed by atoms with Crippen LogP contribution < -0.4 is 11.3 Å². The summed E-state index contributed by atoms with van der Waals surface area (Å²) < 4.78 is 25.2. The van der Waals surface area contributed by atoms with E-state index >= 15 is 0 Å². The molecule has 0 spiro atoms. The van der Waals surface area contributed by atoms with Crippen LogP contribution in [0.3, 0.4) is 0 Å². The molecule has 138 valence electrons. The van der Waals surface area contributed by atoms with Crippen LogP contribution in [0.1, 0.15) is 20.7 Å². The third-order valence-corrected chi connectivity index (χ3v) is 5.42. The van der Waals surface area contributed by atoms with E-state index in [0.717, 1.165) is 4.31 Å². The molecule has 0 fully saturated rings. The lowest BCUT2D eigenvalue weighted by Gasteiger charge is -2.14. The molecule has 0 unspecified atom stereocenters. The number of aromatic nitrogens is 1. The van der Waals surface area contributed by atoms with Gasteiger partial charge in [-0.15, -0.1) is 0 Å². The van der Waals surface area contributed by atoms with E-state index in [0.29, 0.717) is 0 Å². The highest BCUT2D eigenvalue weighted by molar-refractivity contribution is 7.89. The summed E-state index contributed by atoms with van der Waals surface area (Å²) in [5, 5.41) is 18.7. The van der Waals surface area contributed by atoms with Gasteiger partial charge in [-0.2, -0.15) is 0 Å². The monoisotopic (exact) mass is 381 g/mol. The van der Waals surface area contributed by atoms with Crippen LogP contribution in [0.25, 0.3) is 11.1 Å². The van der Waals surface area contributed by atoms with Crippen molar-refractivity contribution in [2.45, 2.75) is 4.90 Å². The topological polar surface area (TPSA) is 171 Å². The van der Waals surface area contributed by atoms with Gasteiger partial charge in [0.1, 0.15) is 16.9 Å². The van der Waals surface area contributed by atoms with Gasteiger partial charge in [0.15, 0.2) is 0 Å². The number of carboxylic acids is 2. The Bertz CT molecular complexity index is 1050. The van der Waals surface area contributed by atoms with Crippen molar-refractivity contribution in [2.75, 3.05) is 19.8 Å². The first-order chi connectivity index (χ1) is 12.0. The maximum absolute atomic E-state index is 12.1. The Hall–Kier alpha value is -3.18. The summed E-state index contributed by atoms with van der Waals surface area (Å²) in [7, 11) is -1.06. The molecule has 0 saturated carbocycles. The van der Waals surface area contributed by atoms with Gasteiger partial charge in [0.05, 0.1) is 4.90 Å². The van der Waals surface area contributed by atoms with E-state index in [1.54, 1.807) is 0 Å². The minimum absolute atomic E-state index is 0.0234. The van der Waals surface area contributed by atoms with Gasteiger partial charge in [-0.25, -0.2) is 22.3 Å². The number of carboxylic acid groups (broad SMARTS) is 2. The summed E-state index contributed by atoms with van der Waals surface area (Å²) >= 11 is 0. The molecule has 2 rings (SSSR count). The molecule has 0 radical (unpaired) electrons. The number of nitrogens with zero attached hydrogens (tertiary/aromatic N) is 1. The predicted octanol–water partition coefficient (Wildman–Crippen LogP) is 0.271. The van der Waals surface area contributed by atoms with E-state index in [2.05, 4.69) is 0 Å². The molecule has 0 aliphatic carbocycles. The number of nitrogens with two attached hydrogens (primary N) is 1. The molecule has 0 bridgehead atoms. The molecule has 0 aliphatic heterocycles. The lowest BCUT2D eigenvalue weighted by atomic mass is 9.95. The number of pyridine rings is 1. The number of benzene rings is 1. The third kappa shape index (κ3) is 3.17. The lowest BCUT2D eigenvalue weighted by Crippen LogP contribution is -2.24. The number of aromatic amines is 1. The van der Waals surface area contributed by atoms with Crippen LogP contribution in [-0.2, 0) is 10.0 Å². The molecule has 0 atom stereocenters. The number of nitrogens with one attached hydrogen (secondary N) is 1. The number of H-pyrrole nitrogens is 1. The maximum atomic E-state index is 12.1. The largest absolute Gasteiger partial charge is 0.478 e. The molecule has 0 amide bonds. The lowest BCUT2D eigenvalue weighted by molar-refractivity contribution is 0.0695. The van der Waals surface area contributed by atoms with Crippen molar-refractivity contribution >= 4 is 27.8 Å². The van der Waals surface area contributed by atoms with E-state index in [1.165, 1.54) is 38.4 Å². The summed E-state index contributed by atoms with van der Waals surface area (Å²) in [5.41, 5.74) is 2.69. The predicted molar refractivity (Wildman–Crippen MR) is 91.7 cm³/mol. The maximum Gasteiger partial charge on any atom is 0.342 e. The molecule has 1 aromatic carbocycles. The summed E-state index contributed by atoms with van der Waals surface area (Å²) in [6.07, 6.45) is 0. The van der Waals surface area contributed by atoms with E-state index in [4.69, 9.17) is 5.73 Å². The minimum Gasteiger partial charge on any atom is -0.478 e. The van der Waals surface area contributed by atoms with Crippen LogP contribution in [0.5, 0.6) is 0 Å². The zero-order valence-electron chi connectivity index (χ0n) is 13.7. The normalized spacial score (nSPS) is 11.5. The Morgan fingerprint density at radius 2 is 1.54 bits per heavy atom. The van der Waals surface area contributed by atoms with Gasteiger partial charge in [0, 0.05) is 19.7 Å². The molecule has 0 saturated heterocycles. The van der Waals surface area contributed by atoms with Crippen molar-refractivity contribution in [3.05, 3.63) is 45.7 Å². The fraction of sp³-hybridized carbons (Fsp3) is 0.133. The van der Waals surface area contributed by atoms with Crippen molar-refractivity contribution in [2.24, 2.45) is 0 Å². The number of anilines is 1. The first kappa shape index (κ1) is 19.1. The molecule has 1 heterocycles. The molecule has 1 aromatic heterocycles. The molecule has 11 heteroatoms. The van der Waals surface area contributed by atoms with Crippen LogP contribution >= 0.6 is 0 Å².